The van der Waals surface area contributed by atoms with Gasteiger partial charge in [0, 0.05) is 5.56 Å². The maximum absolute atomic E-state index is 9.59. The summed E-state index contributed by atoms with van der Waals surface area (Å²) in [6.07, 6.45) is 0. The molecule has 0 saturated heterocycles. The Hall–Kier alpha value is -1.28. The van der Waals surface area contributed by atoms with Crippen LogP contribution in [0.5, 0.6) is 5.75 Å². The molecule has 15 heavy (non-hydrogen) atoms. The number of phenolic OH excluding ortho intramolecular Hbond substituents is 1. The van der Waals surface area contributed by atoms with Crippen LogP contribution in [0.4, 0.5) is 0 Å². The summed E-state index contributed by atoms with van der Waals surface area (Å²) < 4.78 is 5.59. The van der Waals surface area contributed by atoms with Crippen molar-refractivity contribution in [2.75, 3.05) is 6.61 Å². The van der Waals surface area contributed by atoms with Gasteiger partial charge in [-0.3, -0.25) is 0 Å². The second kappa shape index (κ2) is 4.49. The highest BCUT2D eigenvalue weighted by atomic mass is 16.5. The van der Waals surface area contributed by atoms with Crippen molar-refractivity contribution in [2.45, 2.75) is 26.4 Å². The van der Waals surface area contributed by atoms with Crippen molar-refractivity contribution in [3.05, 3.63) is 36.4 Å². The average Bonchev–Trinajstić information content (AvgIpc) is 2.14. The fourth-order valence-electron chi connectivity index (χ4n) is 1.15. The van der Waals surface area contributed by atoms with Gasteiger partial charge in [0.1, 0.15) is 5.75 Å². The Morgan fingerprint density at radius 1 is 1.33 bits per heavy atom. The molecule has 0 aliphatic rings. The van der Waals surface area contributed by atoms with Crippen LogP contribution in [0.25, 0.3) is 5.57 Å². The molecule has 2 nitrogen and oxygen atoms in total. The van der Waals surface area contributed by atoms with Crippen LogP contribution in [0.3, 0.4) is 0 Å². The van der Waals surface area contributed by atoms with E-state index in [9.17, 15) is 5.11 Å². The number of aromatic hydroxyl groups is 1. The van der Waals surface area contributed by atoms with E-state index in [4.69, 9.17) is 4.74 Å². The minimum atomic E-state index is -0.187. The Kier molecular flexibility index (Phi) is 3.53. The third-order valence-corrected chi connectivity index (χ3v) is 1.96. The van der Waals surface area contributed by atoms with Crippen LogP contribution in [-0.2, 0) is 4.74 Å². The van der Waals surface area contributed by atoms with Crippen molar-refractivity contribution in [3.8, 4) is 5.75 Å². The SMILES string of the molecule is C=C(COC(C)(C)C)c1ccccc1O. The molecule has 1 N–H and O–H groups in total. The third-order valence-electron chi connectivity index (χ3n) is 1.96. The molecule has 0 amide bonds. The largest absolute Gasteiger partial charge is 0.507 e. The van der Waals surface area contributed by atoms with Crippen molar-refractivity contribution in [2.24, 2.45) is 0 Å². The van der Waals surface area contributed by atoms with Gasteiger partial charge in [-0.2, -0.15) is 0 Å². The fourth-order valence-corrected chi connectivity index (χ4v) is 1.15. The highest BCUT2D eigenvalue weighted by Crippen LogP contribution is 2.24. The predicted molar refractivity (Wildman–Crippen MR) is 62.8 cm³/mol. The first-order valence-corrected chi connectivity index (χ1v) is 5.00. The topological polar surface area (TPSA) is 29.5 Å². The first-order valence-electron chi connectivity index (χ1n) is 5.00. The number of hydrogen-bond acceptors (Lipinski definition) is 2. The summed E-state index contributed by atoms with van der Waals surface area (Å²) in [6, 6.07) is 7.15. The molecule has 0 atom stereocenters. The van der Waals surface area contributed by atoms with Crippen molar-refractivity contribution in [3.63, 3.8) is 0 Å². The lowest BCUT2D eigenvalue weighted by molar-refractivity contribution is 0.0183. The van der Waals surface area contributed by atoms with E-state index >= 15 is 0 Å². The second-order valence-corrected chi connectivity index (χ2v) is 4.52. The van der Waals surface area contributed by atoms with Crippen LogP contribution in [0.2, 0.25) is 0 Å². The van der Waals surface area contributed by atoms with Crippen LogP contribution >= 0.6 is 0 Å². The van der Waals surface area contributed by atoms with Crippen molar-refractivity contribution >= 4 is 5.57 Å². The molecule has 0 saturated carbocycles. The summed E-state index contributed by atoms with van der Waals surface area (Å²) in [5.74, 6) is 0.250. The Morgan fingerprint density at radius 3 is 2.47 bits per heavy atom. The van der Waals surface area contributed by atoms with Crippen LogP contribution in [-0.4, -0.2) is 17.3 Å². The van der Waals surface area contributed by atoms with Gasteiger partial charge in [-0.25, -0.2) is 0 Å². The molecule has 0 fully saturated rings. The van der Waals surface area contributed by atoms with Crippen LogP contribution in [0.15, 0.2) is 30.8 Å². The molecule has 0 heterocycles. The fraction of sp³-hybridized carbons (Fsp3) is 0.385. The number of hydrogen-bond donors (Lipinski definition) is 1. The minimum absolute atomic E-state index is 0.187. The van der Waals surface area contributed by atoms with Gasteiger partial charge in [0.05, 0.1) is 12.2 Å². The first-order chi connectivity index (χ1) is 6.90. The lowest BCUT2D eigenvalue weighted by atomic mass is 10.1. The van der Waals surface area contributed by atoms with Gasteiger partial charge in [-0.05, 0) is 32.4 Å². The molecule has 0 spiro atoms. The zero-order valence-electron chi connectivity index (χ0n) is 9.58. The van der Waals surface area contributed by atoms with Crippen molar-refractivity contribution < 1.29 is 9.84 Å². The van der Waals surface area contributed by atoms with E-state index < -0.39 is 0 Å². The molecule has 2 heteroatoms. The second-order valence-electron chi connectivity index (χ2n) is 4.52. The van der Waals surface area contributed by atoms with Crippen molar-refractivity contribution in [1.82, 2.24) is 0 Å². The summed E-state index contributed by atoms with van der Waals surface area (Å²) in [7, 11) is 0. The van der Waals surface area contributed by atoms with E-state index in [1.807, 2.05) is 32.9 Å². The summed E-state index contributed by atoms with van der Waals surface area (Å²) in [5, 5.41) is 9.59. The minimum Gasteiger partial charge on any atom is -0.507 e. The molecule has 1 aromatic rings. The molecule has 1 aromatic carbocycles. The predicted octanol–water partition coefficient (Wildman–Crippen LogP) is 3.22. The maximum atomic E-state index is 9.59. The number of phenols is 1. The molecule has 82 valence electrons. The smallest absolute Gasteiger partial charge is 0.123 e. The van der Waals surface area contributed by atoms with Crippen LogP contribution in [0.1, 0.15) is 26.3 Å². The molecule has 0 radical (unpaired) electrons. The van der Waals surface area contributed by atoms with E-state index in [1.165, 1.54) is 0 Å². The lowest BCUT2D eigenvalue weighted by Crippen LogP contribution is -2.20. The molecular formula is C13H18O2. The molecule has 0 aromatic heterocycles. The Labute approximate surface area is 91.2 Å². The zero-order chi connectivity index (χ0) is 11.5. The molecule has 1 rings (SSSR count). The standard InChI is InChI=1S/C13H18O2/c1-10(9-15-13(2,3)4)11-7-5-6-8-12(11)14/h5-8,14H,1,9H2,2-4H3. The van der Waals surface area contributed by atoms with E-state index in [0.29, 0.717) is 6.61 Å². The van der Waals surface area contributed by atoms with E-state index in [0.717, 1.165) is 11.1 Å². The third kappa shape index (κ3) is 3.76. The van der Waals surface area contributed by atoms with E-state index in [2.05, 4.69) is 6.58 Å². The maximum Gasteiger partial charge on any atom is 0.123 e. The monoisotopic (exact) mass is 206 g/mol. The summed E-state index contributed by atoms with van der Waals surface area (Å²) in [4.78, 5) is 0. The molecule has 0 aliphatic carbocycles. The Morgan fingerprint density at radius 2 is 1.93 bits per heavy atom. The Balaban J connectivity index is 2.66. The van der Waals surface area contributed by atoms with Crippen LogP contribution < -0.4 is 0 Å². The van der Waals surface area contributed by atoms with Gasteiger partial charge in [-0.1, -0.05) is 24.8 Å². The zero-order valence-corrected chi connectivity index (χ0v) is 9.58. The van der Waals surface area contributed by atoms with Gasteiger partial charge in [0.15, 0.2) is 0 Å². The lowest BCUT2D eigenvalue weighted by Gasteiger charge is -2.20. The molecule has 0 bridgehead atoms. The van der Waals surface area contributed by atoms with E-state index in [1.54, 1.807) is 12.1 Å². The Bertz CT molecular complexity index is 348. The van der Waals surface area contributed by atoms with Gasteiger partial charge >= 0.3 is 0 Å². The number of para-hydroxylation sites is 1. The molecule has 0 aliphatic heterocycles. The number of ether oxygens (including phenoxy) is 1. The first kappa shape index (κ1) is 11.8. The quantitative estimate of drug-likeness (QED) is 0.822. The van der Waals surface area contributed by atoms with E-state index in [-0.39, 0.29) is 11.4 Å². The van der Waals surface area contributed by atoms with Crippen LogP contribution in [0, 0.1) is 0 Å². The highest BCUT2D eigenvalue weighted by molar-refractivity contribution is 5.68. The average molecular weight is 206 g/mol. The van der Waals surface area contributed by atoms with Gasteiger partial charge in [0.25, 0.3) is 0 Å². The molecular weight excluding hydrogens is 188 g/mol. The summed E-state index contributed by atoms with van der Waals surface area (Å²) in [6.45, 7) is 10.3. The van der Waals surface area contributed by atoms with Gasteiger partial charge in [0.2, 0.25) is 0 Å². The number of rotatable bonds is 3. The summed E-state index contributed by atoms with van der Waals surface area (Å²) in [5.41, 5.74) is 1.36. The molecule has 0 unspecified atom stereocenters. The van der Waals surface area contributed by atoms with Gasteiger partial charge in [-0.15, -0.1) is 0 Å². The normalized spacial score (nSPS) is 11.4. The highest BCUT2D eigenvalue weighted by Gasteiger charge is 2.12. The van der Waals surface area contributed by atoms with Gasteiger partial charge < -0.3 is 9.84 Å². The van der Waals surface area contributed by atoms with Crippen molar-refractivity contribution in [1.29, 1.82) is 0 Å². The summed E-state index contributed by atoms with van der Waals surface area (Å²) >= 11 is 0. The number of benzene rings is 1.